The summed E-state index contributed by atoms with van der Waals surface area (Å²) in [4.78, 5) is 2.11. The van der Waals surface area contributed by atoms with E-state index in [1.165, 1.54) is 0 Å². The zero-order valence-corrected chi connectivity index (χ0v) is 9.50. The van der Waals surface area contributed by atoms with Crippen LogP contribution in [0.4, 0.5) is 5.69 Å². The lowest BCUT2D eigenvalue weighted by atomic mass is 10.2. The first-order valence-electron chi connectivity index (χ1n) is 4.29. The monoisotopic (exact) mass is 243 g/mol. The first kappa shape index (κ1) is 10.5. The lowest BCUT2D eigenvalue weighted by Gasteiger charge is -2.20. The predicted molar refractivity (Wildman–Crippen MR) is 59.0 cm³/mol. The third-order valence-electron chi connectivity index (χ3n) is 2.10. The van der Waals surface area contributed by atoms with Gasteiger partial charge in [0.2, 0.25) is 0 Å². The van der Waals surface area contributed by atoms with Crippen molar-refractivity contribution in [2.24, 2.45) is 0 Å². The number of anilines is 1. The summed E-state index contributed by atoms with van der Waals surface area (Å²) in [6.07, 6.45) is 0. The topological polar surface area (TPSA) is 23.5 Å². The van der Waals surface area contributed by atoms with Gasteiger partial charge in [0, 0.05) is 29.3 Å². The van der Waals surface area contributed by atoms with E-state index in [-0.39, 0.29) is 6.61 Å². The molecule has 0 fully saturated rings. The molecule has 0 aromatic heterocycles. The molecule has 0 unspecified atom stereocenters. The van der Waals surface area contributed by atoms with Crippen molar-refractivity contribution >= 4 is 21.6 Å². The molecule has 0 saturated heterocycles. The molecule has 2 nitrogen and oxygen atoms in total. The SMILES string of the molecule is CCN(C)c1ccc(Br)cc1CO. The predicted octanol–water partition coefficient (Wildman–Crippen LogP) is 2.40. The van der Waals surface area contributed by atoms with Gasteiger partial charge in [-0.15, -0.1) is 0 Å². The minimum atomic E-state index is 0.0825. The van der Waals surface area contributed by atoms with Crippen LogP contribution in [0.1, 0.15) is 12.5 Å². The molecule has 0 atom stereocenters. The van der Waals surface area contributed by atoms with Gasteiger partial charge in [0.15, 0.2) is 0 Å². The van der Waals surface area contributed by atoms with Gasteiger partial charge in [0.25, 0.3) is 0 Å². The van der Waals surface area contributed by atoms with Gasteiger partial charge >= 0.3 is 0 Å². The molecular weight excluding hydrogens is 230 g/mol. The van der Waals surface area contributed by atoms with E-state index in [1.807, 2.05) is 25.2 Å². The van der Waals surface area contributed by atoms with Crippen LogP contribution >= 0.6 is 15.9 Å². The molecule has 3 heteroatoms. The Kier molecular flexibility index (Phi) is 3.75. The van der Waals surface area contributed by atoms with Gasteiger partial charge in [-0.05, 0) is 25.1 Å². The molecule has 13 heavy (non-hydrogen) atoms. The van der Waals surface area contributed by atoms with Gasteiger partial charge < -0.3 is 10.0 Å². The number of hydrogen-bond donors (Lipinski definition) is 1. The summed E-state index contributed by atoms with van der Waals surface area (Å²) in [5, 5.41) is 9.14. The van der Waals surface area contributed by atoms with Gasteiger partial charge in [-0.3, -0.25) is 0 Å². The lowest BCUT2D eigenvalue weighted by Crippen LogP contribution is -2.17. The number of benzene rings is 1. The van der Waals surface area contributed by atoms with Crippen LogP contribution in [0.3, 0.4) is 0 Å². The number of aliphatic hydroxyl groups excluding tert-OH is 1. The van der Waals surface area contributed by atoms with Gasteiger partial charge in [-0.2, -0.15) is 0 Å². The second-order valence-corrected chi connectivity index (χ2v) is 3.86. The maximum Gasteiger partial charge on any atom is 0.0702 e. The Morgan fingerprint density at radius 2 is 2.15 bits per heavy atom. The fraction of sp³-hybridized carbons (Fsp3) is 0.400. The zero-order chi connectivity index (χ0) is 9.84. The van der Waals surface area contributed by atoms with Crippen LogP contribution in [-0.4, -0.2) is 18.7 Å². The van der Waals surface area contributed by atoms with E-state index in [0.717, 1.165) is 22.3 Å². The van der Waals surface area contributed by atoms with E-state index in [0.29, 0.717) is 0 Å². The Hall–Kier alpha value is -0.540. The van der Waals surface area contributed by atoms with Crippen LogP contribution < -0.4 is 4.90 Å². The summed E-state index contributed by atoms with van der Waals surface area (Å²) in [7, 11) is 2.02. The van der Waals surface area contributed by atoms with Crippen LogP contribution in [-0.2, 0) is 6.61 Å². The van der Waals surface area contributed by atoms with Crippen molar-refractivity contribution in [2.45, 2.75) is 13.5 Å². The Bertz CT molecular complexity index is 288. The van der Waals surface area contributed by atoms with E-state index in [2.05, 4.69) is 27.8 Å². The Morgan fingerprint density at radius 1 is 1.46 bits per heavy atom. The number of aliphatic hydroxyl groups is 1. The molecule has 1 rings (SSSR count). The maximum atomic E-state index is 9.14. The quantitative estimate of drug-likeness (QED) is 0.882. The number of hydrogen-bond acceptors (Lipinski definition) is 2. The van der Waals surface area contributed by atoms with Crippen molar-refractivity contribution in [3.63, 3.8) is 0 Å². The molecule has 0 heterocycles. The highest BCUT2D eigenvalue weighted by atomic mass is 79.9. The Labute approximate surface area is 87.3 Å². The maximum absolute atomic E-state index is 9.14. The first-order chi connectivity index (χ1) is 6.19. The molecule has 0 saturated carbocycles. The average molecular weight is 244 g/mol. The van der Waals surface area contributed by atoms with Gasteiger partial charge in [0.1, 0.15) is 0 Å². The summed E-state index contributed by atoms with van der Waals surface area (Å²) in [5.41, 5.74) is 2.05. The van der Waals surface area contributed by atoms with E-state index >= 15 is 0 Å². The van der Waals surface area contributed by atoms with Crippen molar-refractivity contribution in [1.29, 1.82) is 0 Å². The minimum absolute atomic E-state index is 0.0825. The molecule has 0 aliphatic rings. The molecule has 0 bridgehead atoms. The van der Waals surface area contributed by atoms with Crippen molar-refractivity contribution in [1.82, 2.24) is 0 Å². The molecule has 0 aliphatic carbocycles. The number of nitrogens with zero attached hydrogens (tertiary/aromatic N) is 1. The molecule has 0 aliphatic heterocycles. The number of halogens is 1. The standard InChI is InChI=1S/C10H14BrNO/c1-3-12(2)10-5-4-9(11)6-8(10)7-13/h4-6,13H,3,7H2,1-2H3. The second-order valence-electron chi connectivity index (χ2n) is 2.95. The molecule has 0 radical (unpaired) electrons. The second kappa shape index (κ2) is 4.63. The number of rotatable bonds is 3. The fourth-order valence-corrected chi connectivity index (χ4v) is 1.63. The van der Waals surface area contributed by atoms with Crippen molar-refractivity contribution < 1.29 is 5.11 Å². The van der Waals surface area contributed by atoms with E-state index < -0.39 is 0 Å². The van der Waals surface area contributed by atoms with E-state index in [9.17, 15) is 0 Å². The molecule has 1 N–H and O–H groups in total. The fourth-order valence-electron chi connectivity index (χ4n) is 1.22. The highest BCUT2D eigenvalue weighted by Crippen LogP contribution is 2.23. The summed E-state index contributed by atoms with van der Waals surface area (Å²) >= 11 is 3.38. The molecular formula is C10H14BrNO. The van der Waals surface area contributed by atoms with Crippen LogP contribution in [0.5, 0.6) is 0 Å². The molecule has 72 valence electrons. The third kappa shape index (κ3) is 2.45. The van der Waals surface area contributed by atoms with Gasteiger partial charge in [-0.25, -0.2) is 0 Å². The summed E-state index contributed by atoms with van der Waals surface area (Å²) in [5.74, 6) is 0. The van der Waals surface area contributed by atoms with Crippen molar-refractivity contribution in [3.05, 3.63) is 28.2 Å². The van der Waals surface area contributed by atoms with E-state index in [1.54, 1.807) is 0 Å². The van der Waals surface area contributed by atoms with Gasteiger partial charge in [-0.1, -0.05) is 15.9 Å². The van der Waals surface area contributed by atoms with Crippen LogP contribution in [0, 0.1) is 0 Å². The summed E-state index contributed by atoms with van der Waals surface area (Å²) in [6.45, 7) is 3.11. The first-order valence-corrected chi connectivity index (χ1v) is 5.08. The van der Waals surface area contributed by atoms with E-state index in [4.69, 9.17) is 5.11 Å². The largest absolute Gasteiger partial charge is 0.392 e. The summed E-state index contributed by atoms with van der Waals surface area (Å²) < 4.78 is 1.00. The van der Waals surface area contributed by atoms with Crippen LogP contribution in [0.15, 0.2) is 22.7 Å². The van der Waals surface area contributed by atoms with Crippen molar-refractivity contribution in [2.75, 3.05) is 18.5 Å². The Morgan fingerprint density at radius 3 is 2.69 bits per heavy atom. The zero-order valence-electron chi connectivity index (χ0n) is 7.92. The molecule has 1 aromatic carbocycles. The highest BCUT2D eigenvalue weighted by molar-refractivity contribution is 9.10. The minimum Gasteiger partial charge on any atom is -0.392 e. The molecule has 0 amide bonds. The average Bonchev–Trinajstić information content (AvgIpc) is 2.16. The third-order valence-corrected chi connectivity index (χ3v) is 2.59. The lowest BCUT2D eigenvalue weighted by molar-refractivity contribution is 0.282. The molecule has 0 spiro atoms. The summed E-state index contributed by atoms with van der Waals surface area (Å²) in [6, 6.07) is 5.95. The van der Waals surface area contributed by atoms with Crippen LogP contribution in [0.2, 0.25) is 0 Å². The molecule has 1 aromatic rings. The highest BCUT2D eigenvalue weighted by Gasteiger charge is 2.05. The normalized spacial score (nSPS) is 10.2. The Balaban J connectivity index is 3.05. The van der Waals surface area contributed by atoms with Crippen molar-refractivity contribution in [3.8, 4) is 0 Å². The smallest absolute Gasteiger partial charge is 0.0702 e. The van der Waals surface area contributed by atoms with Gasteiger partial charge in [0.05, 0.1) is 6.61 Å². The van der Waals surface area contributed by atoms with Crippen LogP contribution in [0.25, 0.3) is 0 Å².